The van der Waals surface area contributed by atoms with Gasteiger partial charge >= 0.3 is 6.09 Å². The number of anilines is 1. The van der Waals surface area contributed by atoms with Crippen molar-refractivity contribution < 1.29 is 28.8 Å². The number of ether oxygens (including phenoxy) is 2. The van der Waals surface area contributed by atoms with Crippen molar-refractivity contribution in [1.82, 2.24) is 5.32 Å². The van der Waals surface area contributed by atoms with Crippen molar-refractivity contribution in [2.24, 2.45) is 0 Å². The van der Waals surface area contributed by atoms with Gasteiger partial charge in [-0.25, -0.2) is 4.79 Å². The lowest BCUT2D eigenvalue weighted by Gasteiger charge is -2.14. The Balaban J connectivity index is 2.51. The molecule has 0 saturated heterocycles. The first-order chi connectivity index (χ1) is 11.3. The molecule has 1 rings (SSSR count). The first-order valence-electron chi connectivity index (χ1n) is 7.27. The molecule has 0 aliphatic carbocycles. The standard InChI is InChI=1S/C15H20ClN3O5/c1-4-24-15(22)18-14(21)9-19(2)8-13(20)17-11-7-10(16)5-6-12(11)23-3/h5-7H,4,8-9H2,1-3H3,(H,17,20)(H,18,21,22)/p+1. The van der Waals surface area contributed by atoms with Gasteiger partial charge in [0.05, 0.1) is 26.5 Å². The highest BCUT2D eigenvalue weighted by Crippen LogP contribution is 2.27. The molecular formula is C15H21ClN3O5+. The Labute approximate surface area is 145 Å². The lowest BCUT2D eigenvalue weighted by atomic mass is 10.3. The Hall–Kier alpha value is -2.32. The zero-order valence-corrected chi connectivity index (χ0v) is 14.5. The Morgan fingerprint density at radius 1 is 1.21 bits per heavy atom. The van der Waals surface area contributed by atoms with Crippen LogP contribution in [0.1, 0.15) is 6.92 Å². The van der Waals surface area contributed by atoms with Gasteiger partial charge in [0.1, 0.15) is 5.75 Å². The highest BCUT2D eigenvalue weighted by molar-refractivity contribution is 6.31. The molecule has 1 atom stereocenters. The SMILES string of the molecule is CCOC(=O)NC(=O)C[NH+](C)CC(=O)Nc1cc(Cl)ccc1OC. The van der Waals surface area contributed by atoms with Gasteiger partial charge < -0.3 is 19.7 Å². The lowest BCUT2D eigenvalue weighted by molar-refractivity contribution is -0.862. The monoisotopic (exact) mass is 358 g/mol. The number of imide groups is 1. The summed E-state index contributed by atoms with van der Waals surface area (Å²) in [5, 5.41) is 5.20. The van der Waals surface area contributed by atoms with Crippen LogP contribution in [0.5, 0.6) is 5.75 Å². The van der Waals surface area contributed by atoms with Gasteiger partial charge in [0.15, 0.2) is 13.1 Å². The average molecular weight is 359 g/mol. The zero-order chi connectivity index (χ0) is 18.1. The van der Waals surface area contributed by atoms with Gasteiger partial charge in [0.2, 0.25) is 0 Å². The average Bonchev–Trinajstić information content (AvgIpc) is 2.46. The van der Waals surface area contributed by atoms with E-state index < -0.39 is 12.0 Å². The fraction of sp³-hybridized carbons (Fsp3) is 0.400. The van der Waals surface area contributed by atoms with E-state index in [2.05, 4.69) is 15.4 Å². The van der Waals surface area contributed by atoms with Crippen LogP contribution in [0.15, 0.2) is 18.2 Å². The Morgan fingerprint density at radius 3 is 2.50 bits per heavy atom. The molecule has 1 unspecified atom stereocenters. The third kappa shape index (κ3) is 6.84. The second kappa shape index (κ2) is 9.74. The number of carbonyl (C=O) groups is 3. The van der Waals surface area contributed by atoms with Crippen molar-refractivity contribution in [2.75, 3.05) is 39.2 Å². The third-order valence-electron chi connectivity index (χ3n) is 2.88. The summed E-state index contributed by atoms with van der Waals surface area (Å²) in [5.74, 6) is -0.374. The van der Waals surface area contributed by atoms with E-state index in [-0.39, 0.29) is 25.6 Å². The molecule has 0 heterocycles. The zero-order valence-electron chi connectivity index (χ0n) is 13.8. The summed E-state index contributed by atoms with van der Waals surface area (Å²) in [6, 6.07) is 4.86. The number of amides is 3. The van der Waals surface area contributed by atoms with E-state index in [4.69, 9.17) is 16.3 Å². The number of alkyl carbamates (subject to hydrolysis) is 1. The van der Waals surface area contributed by atoms with E-state index in [9.17, 15) is 14.4 Å². The normalized spacial score (nSPS) is 11.3. The van der Waals surface area contributed by atoms with Crippen LogP contribution in [0, 0.1) is 0 Å². The molecule has 0 fully saturated rings. The fourth-order valence-corrected chi connectivity index (χ4v) is 2.08. The maximum Gasteiger partial charge on any atom is 0.414 e. The van der Waals surface area contributed by atoms with Gasteiger partial charge in [-0.1, -0.05) is 11.6 Å². The van der Waals surface area contributed by atoms with Gasteiger partial charge in [-0.2, -0.15) is 0 Å². The molecule has 9 heteroatoms. The van der Waals surface area contributed by atoms with Gasteiger partial charge in [0.25, 0.3) is 11.8 Å². The highest BCUT2D eigenvalue weighted by Gasteiger charge is 2.17. The molecule has 0 aliphatic rings. The summed E-state index contributed by atoms with van der Waals surface area (Å²) in [4.78, 5) is 35.4. The second-order valence-corrected chi connectivity index (χ2v) is 5.41. The first kappa shape index (κ1) is 19.7. The first-order valence-corrected chi connectivity index (χ1v) is 7.64. The van der Waals surface area contributed by atoms with Gasteiger partial charge in [0, 0.05) is 5.02 Å². The smallest absolute Gasteiger partial charge is 0.414 e. The van der Waals surface area contributed by atoms with Crippen LogP contribution < -0.4 is 20.3 Å². The predicted molar refractivity (Wildman–Crippen MR) is 88.4 cm³/mol. The van der Waals surface area contributed by atoms with Gasteiger partial charge in [-0.05, 0) is 25.1 Å². The Morgan fingerprint density at radius 2 is 1.88 bits per heavy atom. The van der Waals surface area contributed by atoms with Crippen LogP contribution in [-0.4, -0.2) is 51.8 Å². The van der Waals surface area contributed by atoms with E-state index in [0.717, 1.165) is 0 Å². The molecule has 3 amide bonds. The summed E-state index contributed by atoms with van der Waals surface area (Å²) in [5.41, 5.74) is 0.443. The van der Waals surface area contributed by atoms with E-state index in [1.807, 2.05) is 0 Å². The number of benzene rings is 1. The molecule has 0 saturated carbocycles. The molecule has 1 aromatic carbocycles. The third-order valence-corrected chi connectivity index (χ3v) is 3.11. The molecule has 0 radical (unpaired) electrons. The number of carbonyl (C=O) groups excluding carboxylic acids is 3. The highest BCUT2D eigenvalue weighted by atomic mass is 35.5. The van der Waals surface area contributed by atoms with Crippen molar-refractivity contribution in [3.8, 4) is 5.75 Å². The molecule has 1 aromatic rings. The van der Waals surface area contributed by atoms with Crippen LogP contribution in [0.2, 0.25) is 5.02 Å². The molecule has 24 heavy (non-hydrogen) atoms. The van der Waals surface area contributed by atoms with E-state index in [1.54, 1.807) is 32.2 Å². The molecule has 8 nitrogen and oxygen atoms in total. The molecule has 3 N–H and O–H groups in total. The summed E-state index contributed by atoms with van der Waals surface area (Å²) >= 11 is 5.90. The summed E-state index contributed by atoms with van der Waals surface area (Å²) in [6.07, 6.45) is -0.802. The number of hydrogen-bond donors (Lipinski definition) is 3. The van der Waals surface area contributed by atoms with Crippen molar-refractivity contribution in [2.45, 2.75) is 6.92 Å². The number of halogens is 1. The lowest BCUT2D eigenvalue weighted by Crippen LogP contribution is -3.11. The minimum atomic E-state index is -0.802. The summed E-state index contributed by atoms with van der Waals surface area (Å²) < 4.78 is 9.75. The molecular weight excluding hydrogens is 338 g/mol. The van der Waals surface area contributed by atoms with Crippen LogP contribution >= 0.6 is 11.6 Å². The minimum absolute atomic E-state index is 0.0198. The van der Waals surface area contributed by atoms with E-state index >= 15 is 0 Å². The topological polar surface area (TPSA) is 98.2 Å². The van der Waals surface area contributed by atoms with Crippen LogP contribution in [-0.2, 0) is 14.3 Å². The number of quaternary nitrogens is 1. The Kier molecular flexibility index (Phi) is 8.00. The fourth-order valence-electron chi connectivity index (χ4n) is 1.91. The quantitative estimate of drug-likeness (QED) is 0.641. The number of likely N-dealkylation sites (N-methyl/N-ethyl adjacent to an activating group) is 1. The number of methoxy groups -OCH3 is 1. The predicted octanol–water partition coefficient (Wildman–Crippen LogP) is 0.0745. The van der Waals surface area contributed by atoms with Crippen LogP contribution in [0.3, 0.4) is 0 Å². The molecule has 132 valence electrons. The number of nitrogens with one attached hydrogen (secondary N) is 3. The maximum atomic E-state index is 12.1. The number of hydrogen-bond acceptors (Lipinski definition) is 5. The number of rotatable bonds is 7. The maximum absolute atomic E-state index is 12.1. The summed E-state index contributed by atoms with van der Waals surface area (Å²) in [7, 11) is 3.13. The van der Waals surface area contributed by atoms with Gasteiger partial charge in [-0.3, -0.25) is 14.9 Å². The van der Waals surface area contributed by atoms with Crippen molar-refractivity contribution in [3.63, 3.8) is 0 Å². The summed E-state index contributed by atoms with van der Waals surface area (Å²) in [6.45, 7) is 1.77. The van der Waals surface area contributed by atoms with Gasteiger partial charge in [-0.15, -0.1) is 0 Å². The van der Waals surface area contributed by atoms with Crippen molar-refractivity contribution >= 4 is 35.2 Å². The van der Waals surface area contributed by atoms with Crippen LogP contribution in [0.25, 0.3) is 0 Å². The second-order valence-electron chi connectivity index (χ2n) is 4.97. The largest absolute Gasteiger partial charge is 0.495 e. The minimum Gasteiger partial charge on any atom is -0.495 e. The van der Waals surface area contributed by atoms with Crippen molar-refractivity contribution in [1.29, 1.82) is 0 Å². The van der Waals surface area contributed by atoms with E-state index in [0.29, 0.717) is 21.4 Å². The Bertz CT molecular complexity index is 609. The molecule has 0 aliphatic heterocycles. The molecule has 0 spiro atoms. The van der Waals surface area contributed by atoms with Crippen molar-refractivity contribution in [3.05, 3.63) is 23.2 Å². The molecule has 0 bridgehead atoms. The van der Waals surface area contributed by atoms with Crippen LogP contribution in [0.4, 0.5) is 10.5 Å². The van der Waals surface area contributed by atoms with E-state index in [1.165, 1.54) is 7.11 Å². The molecule has 0 aromatic heterocycles.